The van der Waals surface area contributed by atoms with Gasteiger partial charge >= 0.3 is 0 Å². The molecule has 2 aromatic rings. The number of nitrogens with zero attached hydrogens (tertiary/aromatic N) is 2. The Morgan fingerprint density at radius 2 is 2.32 bits per heavy atom. The standard InChI is InChI=1S/C15H19N3O3S/c1-10-16-15(21-18-10)14(11-4-6-20-7-5-11)17-13(19)9-12-3-2-8-22-12/h2-3,8,11,14H,4-7,9H2,1H3,(H,17,19). The first-order valence-electron chi connectivity index (χ1n) is 7.42. The van der Waals surface area contributed by atoms with E-state index in [1.165, 1.54) is 0 Å². The van der Waals surface area contributed by atoms with E-state index in [0.29, 0.717) is 31.3 Å². The van der Waals surface area contributed by atoms with Gasteiger partial charge in [-0.05, 0) is 37.1 Å². The van der Waals surface area contributed by atoms with Gasteiger partial charge in [-0.1, -0.05) is 11.2 Å². The predicted molar refractivity (Wildman–Crippen MR) is 81.5 cm³/mol. The first-order chi connectivity index (χ1) is 10.7. The molecule has 1 aliphatic rings. The van der Waals surface area contributed by atoms with E-state index in [4.69, 9.17) is 9.26 Å². The lowest BCUT2D eigenvalue weighted by molar-refractivity contribution is -0.122. The second-order valence-corrected chi connectivity index (χ2v) is 6.46. The Morgan fingerprint density at radius 1 is 1.50 bits per heavy atom. The molecule has 3 heterocycles. The van der Waals surface area contributed by atoms with Crippen molar-refractivity contribution >= 4 is 17.2 Å². The van der Waals surface area contributed by atoms with E-state index in [1.54, 1.807) is 18.3 Å². The monoisotopic (exact) mass is 321 g/mol. The number of nitrogens with one attached hydrogen (secondary N) is 1. The van der Waals surface area contributed by atoms with Crippen molar-refractivity contribution in [1.82, 2.24) is 15.5 Å². The molecule has 0 spiro atoms. The molecule has 0 radical (unpaired) electrons. The van der Waals surface area contributed by atoms with E-state index in [9.17, 15) is 4.79 Å². The summed E-state index contributed by atoms with van der Waals surface area (Å²) >= 11 is 1.58. The number of ether oxygens (including phenoxy) is 1. The fraction of sp³-hybridized carbons (Fsp3) is 0.533. The van der Waals surface area contributed by atoms with Gasteiger partial charge in [0.05, 0.1) is 6.42 Å². The van der Waals surface area contributed by atoms with Crippen LogP contribution in [-0.2, 0) is 16.0 Å². The number of carbonyl (C=O) groups is 1. The molecule has 1 unspecified atom stereocenters. The largest absolute Gasteiger partial charge is 0.381 e. The summed E-state index contributed by atoms with van der Waals surface area (Å²) in [6.45, 7) is 3.19. The zero-order valence-electron chi connectivity index (χ0n) is 12.4. The molecule has 7 heteroatoms. The summed E-state index contributed by atoms with van der Waals surface area (Å²) in [4.78, 5) is 17.7. The zero-order chi connectivity index (χ0) is 15.4. The van der Waals surface area contributed by atoms with Crippen LogP contribution in [0.5, 0.6) is 0 Å². The first kappa shape index (κ1) is 15.2. The Hall–Kier alpha value is -1.73. The molecule has 0 bridgehead atoms. The van der Waals surface area contributed by atoms with Gasteiger partial charge in [-0.25, -0.2) is 0 Å². The molecule has 22 heavy (non-hydrogen) atoms. The zero-order valence-corrected chi connectivity index (χ0v) is 13.3. The van der Waals surface area contributed by atoms with Crippen LogP contribution in [0.4, 0.5) is 0 Å². The van der Waals surface area contributed by atoms with Crippen molar-refractivity contribution in [2.75, 3.05) is 13.2 Å². The van der Waals surface area contributed by atoms with Crippen molar-refractivity contribution in [1.29, 1.82) is 0 Å². The van der Waals surface area contributed by atoms with Crippen LogP contribution in [0.1, 0.15) is 35.5 Å². The number of aromatic nitrogens is 2. The molecule has 1 N–H and O–H groups in total. The number of carbonyl (C=O) groups excluding carboxylic acids is 1. The van der Waals surface area contributed by atoms with E-state index in [2.05, 4.69) is 15.5 Å². The molecule has 1 fully saturated rings. The fourth-order valence-corrected chi connectivity index (χ4v) is 3.37. The minimum Gasteiger partial charge on any atom is -0.381 e. The minimum atomic E-state index is -0.238. The molecular weight excluding hydrogens is 302 g/mol. The van der Waals surface area contributed by atoms with E-state index < -0.39 is 0 Å². The number of amides is 1. The summed E-state index contributed by atoms with van der Waals surface area (Å²) in [5, 5.41) is 8.89. The highest BCUT2D eigenvalue weighted by Crippen LogP contribution is 2.29. The van der Waals surface area contributed by atoms with Gasteiger partial charge in [0, 0.05) is 18.1 Å². The summed E-state index contributed by atoms with van der Waals surface area (Å²) in [5.74, 6) is 1.32. The van der Waals surface area contributed by atoms with Crippen LogP contribution in [0.25, 0.3) is 0 Å². The van der Waals surface area contributed by atoms with Gasteiger partial charge in [-0.15, -0.1) is 11.3 Å². The van der Waals surface area contributed by atoms with Gasteiger partial charge < -0.3 is 14.6 Å². The summed E-state index contributed by atoms with van der Waals surface area (Å²) < 4.78 is 10.7. The van der Waals surface area contributed by atoms with Crippen molar-refractivity contribution < 1.29 is 14.1 Å². The highest BCUT2D eigenvalue weighted by atomic mass is 32.1. The highest BCUT2D eigenvalue weighted by Gasteiger charge is 2.31. The third-order valence-corrected chi connectivity index (χ3v) is 4.65. The molecule has 118 valence electrons. The molecule has 0 aromatic carbocycles. The lowest BCUT2D eigenvalue weighted by atomic mass is 9.91. The lowest BCUT2D eigenvalue weighted by Gasteiger charge is -2.28. The third-order valence-electron chi connectivity index (χ3n) is 3.78. The summed E-state index contributed by atoms with van der Waals surface area (Å²) in [7, 11) is 0. The van der Waals surface area contributed by atoms with Crippen LogP contribution in [0, 0.1) is 12.8 Å². The summed E-state index contributed by atoms with van der Waals surface area (Å²) in [6, 6.07) is 3.67. The summed E-state index contributed by atoms with van der Waals surface area (Å²) in [5.41, 5.74) is 0. The molecule has 3 rings (SSSR count). The lowest BCUT2D eigenvalue weighted by Crippen LogP contribution is -2.37. The minimum absolute atomic E-state index is 0.0187. The Bertz CT molecular complexity index is 605. The van der Waals surface area contributed by atoms with Crippen molar-refractivity contribution in [2.45, 2.75) is 32.2 Å². The van der Waals surface area contributed by atoms with Crippen LogP contribution in [0.3, 0.4) is 0 Å². The number of thiophene rings is 1. The third kappa shape index (κ3) is 3.72. The van der Waals surface area contributed by atoms with Crippen LogP contribution in [0.2, 0.25) is 0 Å². The van der Waals surface area contributed by atoms with E-state index in [-0.39, 0.29) is 17.9 Å². The maximum Gasteiger partial charge on any atom is 0.249 e. The maximum atomic E-state index is 12.3. The Balaban J connectivity index is 1.71. The Morgan fingerprint density at radius 3 is 2.95 bits per heavy atom. The van der Waals surface area contributed by atoms with Crippen molar-refractivity contribution in [3.05, 3.63) is 34.1 Å². The molecule has 0 aliphatic carbocycles. The normalized spacial score (nSPS) is 17.3. The molecule has 0 saturated carbocycles. The van der Waals surface area contributed by atoms with Gasteiger partial charge in [0.1, 0.15) is 6.04 Å². The molecule has 2 aromatic heterocycles. The molecule has 6 nitrogen and oxygen atoms in total. The second-order valence-electron chi connectivity index (χ2n) is 5.43. The molecule has 1 aliphatic heterocycles. The molecule has 1 amide bonds. The van der Waals surface area contributed by atoms with Crippen LogP contribution in [0.15, 0.2) is 22.0 Å². The topological polar surface area (TPSA) is 77.2 Å². The second kappa shape index (κ2) is 7.02. The number of hydrogen-bond donors (Lipinski definition) is 1. The SMILES string of the molecule is Cc1noc(C(NC(=O)Cc2cccs2)C2CCOCC2)n1. The van der Waals surface area contributed by atoms with Gasteiger partial charge in [0.25, 0.3) is 0 Å². The molecule has 1 atom stereocenters. The van der Waals surface area contributed by atoms with Crippen molar-refractivity contribution in [2.24, 2.45) is 5.92 Å². The van der Waals surface area contributed by atoms with Crippen LogP contribution >= 0.6 is 11.3 Å². The van der Waals surface area contributed by atoms with Gasteiger partial charge in [-0.3, -0.25) is 4.79 Å². The maximum absolute atomic E-state index is 12.3. The van der Waals surface area contributed by atoms with E-state index >= 15 is 0 Å². The highest BCUT2D eigenvalue weighted by molar-refractivity contribution is 7.10. The predicted octanol–water partition coefficient (Wildman–Crippen LogP) is 2.27. The van der Waals surface area contributed by atoms with Gasteiger partial charge in [0.15, 0.2) is 5.82 Å². The number of hydrogen-bond acceptors (Lipinski definition) is 6. The quantitative estimate of drug-likeness (QED) is 0.914. The van der Waals surface area contributed by atoms with E-state index in [0.717, 1.165) is 17.7 Å². The number of aryl methyl sites for hydroxylation is 1. The van der Waals surface area contributed by atoms with Gasteiger partial charge in [0.2, 0.25) is 11.8 Å². The molecule has 1 saturated heterocycles. The smallest absolute Gasteiger partial charge is 0.249 e. The Labute approximate surface area is 132 Å². The average Bonchev–Trinajstić information content (AvgIpc) is 3.17. The number of rotatable bonds is 5. The van der Waals surface area contributed by atoms with Crippen molar-refractivity contribution in [3.8, 4) is 0 Å². The average molecular weight is 321 g/mol. The van der Waals surface area contributed by atoms with Crippen molar-refractivity contribution in [3.63, 3.8) is 0 Å². The molecular formula is C15H19N3O3S. The summed E-state index contributed by atoms with van der Waals surface area (Å²) in [6.07, 6.45) is 2.14. The fourth-order valence-electron chi connectivity index (χ4n) is 2.67. The van der Waals surface area contributed by atoms with Gasteiger partial charge in [-0.2, -0.15) is 4.98 Å². The van der Waals surface area contributed by atoms with Crippen LogP contribution in [-0.4, -0.2) is 29.3 Å². The van der Waals surface area contributed by atoms with Crippen LogP contribution < -0.4 is 5.32 Å². The Kier molecular flexibility index (Phi) is 4.84. The van der Waals surface area contributed by atoms with E-state index in [1.807, 2.05) is 17.5 Å². The first-order valence-corrected chi connectivity index (χ1v) is 8.30.